The van der Waals surface area contributed by atoms with Gasteiger partial charge >= 0.3 is 0 Å². The number of rotatable bonds is 4. The molecule has 6 nitrogen and oxygen atoms in total. The average Bonchev–Trinajstić information content (AvgIpc) is 1.97. The predicted octanol–water partition coefficient (Wildman–Crippen LogP) is -4.87. The lowest BCUT2D eigenvalue weighted by Crippen LogP contribution is -3.00. The largest absolute Gasteiger partial charge is 1.00 e. The van der Waals surface area contributed by atoms with Crippen molar-refractivity contribution < 1.29 is 41.5 Å². The Morgan fingerprint density at radius 2 is 1.05 bits per heavy atom. The van der Waals surface area contributed by atoms with Crippen molar-refractivity contribution >= 4 is 5.97 Å². The maximum absolute atomic E-state index is 8.89. The number of likely N-dealkylation sites (N-methyl/N-ethyl adjacent to an activating group) is 2. The molecule has 0 atom stereocenters. The molecule has 0 saturated carbocycles. The van der Waals surface area contributed by atoms with Gasteiger partial charge in [0.2, 0.25) is 0 Å². The zero-order chi connectivity index (χ0) is 15.4. The minimum atomic E-state index is -1.08. The van der Waals surface area contributed by atoms with Crippen LogP contribution in [0.4, 0.5) is 0 Å². The molecule has 0 aromatic rings. The predicted molar refractivity (Wildman–Crippen MR) is 70.7 cm³/mol. The van der Waals surface area contributed by atoms with Crippen LogP contribution >= 0.6 is 0 Å². The van der Waals surface area contributed by atoms with Crippen LogP contribution in [0.2, 0.25) is 0 Å². The van der Waals surface area contributed by atoms with Crippen molar-refractivity contribution in [2.45, 2.75) is 6.92 Å². The fourth-order valence-electron chi connectivity index (χ4n) is 0.600. The van der Waals surface area contributed by atoms with E-state index in [1.165, 1.54) is 0 Å². The molecule has 0 amide bonds. The Labute approximate surface area is 123 Å². The third-order valence-corrected chi connectivity index (χ3v) is 1.54. The Bertz CT molecular complexity index is 181. The Kier molecular flexibility index (Phi) is 19.9. The molecule has 0 aromatic carbocycles. The SMILES string of the molecule is CC(=O)[O-].C[N+](C)(C)CCO.C[N+](C)(C)CCO.[Cl-]. The normalized spacial score (nSPS) is 10.2. The summed E-state index contributed by atoms with van der Waals surface area (Å²) in [5, 5.41) is 25.7. The zero-order valence-corrected chi connectivity index (χ0v) is 14.1. The van der Waals surface area contributed by atoms with Crippen molar-refractivity contribution in [3.63, 3.8) is 0 Å². The number of hydrogen-bond donors (Lipinski definition) is 2. The van der Waals surface area contributed by atoms with Crippen molar-refractivity contribution in [2.24, 2.45) is 0 Å². The minimum Gasteiger partial charge on any atom is -1.00 e. The molecule has 7 heteroatoms. The maximum Gasteiger partial charge on any atom is 0.101 e. The van der Waals surface area contributed by atoms with E-state index in [0.29, 0.717) is 0 Å². The molecular weight excluding hydrogens is 272 g/mol. The zero-order valence-electron chi connectivity index (χ0n) is 13.3. The molecular formula is C12H31ClN2O4. The van der Waals surface area contributed by atoms with Gasteiger partial charge in [-0.3, -0.25) is 0 Å². The van der Waals surface area contributed by atoms with Gasteiger partial charge < -0.3 is 41.5 Å². The topological polar surface area (TPSA) is 80.6 Å². The number of carbonyl (C=O) groups is 1. The minimum absolute atomic E-state index is 0. The van der Waals surface area contributed by atoms with Crippen molar-refractivity contribution in [1.29, 1.82) is 0 Å². The second kappa shape index (κ2) is 14.0. The van der Waals surface area contributed by atoms with E-state index in [1.54, 1.807) is 0 Å². The van der Waals surface area contributed by atoms with Crippen molar-refractivity contribution in [1.82, 2.24) is 0 Å². The molecule has 0 aliphatic rings. The van der Waals surface area contributed by atoms with Gasteiger partial charge in [-0.1, -0.05) is 0 Å². The van der Waals surface area contributed by atoms with Crippen LogP contribution in [0.25, 0.3) is 0 Å². The van der Waals surface area contributed by atoms with Crippen LogP contribution in [0, 0.1) is 0 Å². The van der Waals surface area contributed by atoms with E-state index < -0.39 is 5.97 Å². The van der Waals surface area contributed by atoms with Crippen LogP contribution < -0.4 is 17.5 Å². The number of aliphatic carboxylic acids is 1. The van der Waals surface area contributed by atoms with Crippen LogP contribution in [-0.2, 0) is 4.79 Å². The van der Waals surface area contributed by atoms with E-state index in [1.807, 2.05) is 0 Å². The quantitative estimate of drug-likeness (QED) is 0.510. The Morgan fingerprint density at radius 3 is 1.05 bits per heavy atom. The summed E-state index contributed by atoms with van der Waals surface area (Å²) in [5.74, 6) is -1.08. The summed E-state index contributed by atoms with van der Waals surface area (Å²) in [6, 6.07) is 0. The number of carboxylic acids is 1. The molecule has 0 saturated heterocycles. The first-order valence-electron chi connectivity index (χ1n) is 5.86. The van der Waals surface area contributed by atoms with Gasteiger partial charge in [-0.2, -0.15) is 0 Å². The number of aliphatic hydroxyl groups is 2. The summed E-state index contributed by atoms with van der Waals surface area (Å²) in [4.78, 5) is 8.89. The van der Waals surface area contributed by atoms with Gasteiger partial charge in [0.25, 0.3) is 0 Å². The summed E-state index contributed by atoms with van der Waals surface area (Å²) in [6.45, 7) is 3.20. The Balaban J connectivity index is -0.0000000900. The van der Waals surface area contributed by atoms with Gasteiger partial charge in [0, 0.05) is 5.97 Å². The monoisotopic (exact) mass is 302 g/mol. The number of carbonyl (C=O) groups excluding carboxylic acids is 1. The molecule has 0 aromatic heterocycles. The highest BCUT2D eigenvalue weighted by Gasteiger charge is 2.02. The Morgan fingerprint density at radius 1 is 0.895 bits per heavy atom. The number of quaternary nitrogens is 2. The smallest absolute Gasteiger partial charge is 0.101 e. The average molecular weight is 303 g/mol. The van der Waals surface area contributed by atoms with Crippen molar-refractivity contribution in [3.05, 3.63) is 0 Å². The lowest BCUT2D eigenvalue weighted by Gasteiger charge is -2.21. The molecule has 19 heavy (non-hydrogen) atoms. The molecule has 0 spiro atoms. The molecule has 0 aliphatic carbocycles. The molecule has 0 rings (SSSR count). The van der Waals surface area contributed by atoms with E-state index in [0.717, 1.165) is 29.0 Å². The highest BCUT2D eigenvalue weighted by Crippen LogP contribution is 1.85. The molecule has 2 N–H and O–H groups in total. The summed E-state index contributed by atoms with van der Waals surface area (Å²) in [6.07, 6.45) is 0. The number of carboxylic acid groups (broad SMARTS) is 1. The fourth-order valence-corrected chi connectivity index (χ4v) is 0.600. The third kappa shape index (κ3) is 74.2. The van der Waals surface area contributed by atoms with Gasteiger partial charge in [-0.05, 0) is 6.92 Å². The number of aliphatic hydroxyl groups excluding tert-OH is 2. The van der Waals surface area contributed by atoms with E-state index in [9.17, 15) is 0 Å². The molecule has 120 valence electrons. The number of nitrogens with zero attached hydrogens (tertiary/aromatic N) is 2. The van der Waals surface area contributed by atoms with Gasteiger partial charge in [0.1, 0.15) is 13.1 Å². The van der Waals surface area contributed by atoms with E-state index in [2.05, 4.69) is 42.3 Å². The maximum atomic E-state index is 8.89. The summed E-state index contributed by atoms with van der Waals surface area (Å²) < 4.78 is 1.69. The molecule has 0 fully saturated rings. The summed E-state index contributed by atoms with van der Waals surface area (Å²) >= 11 is 0. The molecule has 0 bridgehead atoms. The molecule has 0 radical (unpaired) electrons. The third-order valence-electron chi connectivity index (χ3n) is 1.54. The lowest BCUT2D eigenvalue weighted by atomic mass is 10.5. The van der Waals surface area contributed by atoms with Gasteiger partial charge in [-0.25, -0.2) is 0 Å². The first kappa shape index (κ1) is 27.0. The first-order chi connectivity index (χ1) is 7.85. The Hall–Kier alpha value is -0.400. The second-order valence-electron chi connectivity index (χ2n) is 5.97. The van der Waals surface area contributed by atoms with Crippen LogP contribution in [-0.4, -0.2) is 93.7 Å². The number of hydrogen-bond acceptors (Lipinski definition) is 4. The summed E-state index contributed by atoms with van der Waals surface area (Å²) in [5.41, 5.74) is 0. The molecule has 0 heterocycles. The number of halogens is 1. The standard InChI is InChI=1S/2C5H14NO.C2H4O2.ClH/c2*1-6(2,3)4-5-7;1-2(3)4;/h2*7H,4-5H2,1-3H3;1H3,(H,3,4);1H/q2*+1;;/p-2. The highest BCUT2D eigenvalue weighted by atomic mass is 35.5. The lowest BCUT2D eigenvalue weighted by molar-refractivity contribution is -0.870. The van der Waals surface area contributed by atoms with E-state index in [-0.39, 0.29) is 25.6 Å². The van der Waals surface area contributed by atoms with E-state index in [4.69, 9.17) is 20.1 Å². The highest BCUT2D eigenvalue weighted by molar-refractivity contribution is 5.60. The van der Waals surface area contributed by atoms with Crippen LogP contribution in [0.15, 0.2) is 0 Å². The van der Waals surface area contributed by atoms with E-state index >= 15 is 0 Å². The van der Waals surface area contributed by atoms with Gasteiger partial charge in [0.15, 0.2) is 0 Å². The second-order valence-corrected chi connectivity index (χ2v) is 5.97. The van der Waals surface area contributed by atoms with Crippen LogP contribution in [0.5, 0.6) is 0 Å². The van der Waals surface area contributed by atoms with Crippen LogP contribution in [0.1, 0.15) is 6.92 Å². The van der Waals surface area contributed by atoms with Crippen molar-refractivity contribution in [2.75, 3.05) is 68.6 Å². The molecule has 0 aliphatic heterocycles. The van der Waals surface area contributed by atoms with Gasteiger partial charge in [0.05, 0.1) is 55.5 Å². The fraction of sp³-hybridized carbons (Fsp3) is 0.917. The van der Waals surface area contributed by atoms with Gasteiger partial charge in [-0.15, -0.1) is 0 Å². The molecule has 0 unspecified atom stereocenters. The van der Waals surface area contributed by atoms with Crippen LogP contribution in [0.3, 0.4) is 0 Å². The van der Waals surface area contributed by atoms with Crippen molar-refractivity contribution in [3.8, 4) is 0 Å². The summed E-state index contributed by atoms with van der Waals surface area (Å²) in [7, 11) is 12.3. The first-order valence-corrected chi connectivity index (χ1v) is 5.86.